The molecule has 1 aliphatic heterocycles. The van der Waals surface area contributed by atoms with Crippen LogP contribution in [0, 0.1) is 0 Å². The maximum atomic E-state index is 3.49. The van der Waals surface area contributed by atoms with Crippen molar-refractivity contribution in [3.63, 3.8) is 0 Å². The molecule has 0 aromatic carbocycles. The topological polar surface area (TPSA) is 15.3 Å². The summed E-state index contributed by atoms with van der Waals surface area (Å²) in [6.45, 7) is 9.63. The Labute approximate surface area is 108 Å². The predicted molar refractivity (Wildman–Crippen MR) is 76.5 cm³/mol. The number of rotatable bonds is 9. The van der Waals surface area contributed by atoms with Crippen LogP contribution in [0.15, 0.2) is 0 Å². The lowest BCUT2D eigenvalue weighted by molar-refractivity contribution is 0.137. The third kappa shape index (κ3) is 6.42. The third-order valence-corrected chi connectivity index (χ3v) is 3.85. The van der Waals surface area contributed by atoms with Gasteiger partial charge in [0.05, 0.1) is 0 Å². The Bertz CT molecular complexity index is 168. The van der Waals surface area contributed by atoms with Gasteiger partial charge < -0.3 is 10.2 Å². The fraction of sp³-hybridized carbons (Fsp3) is 1.00. The molecule has 0 bridgehead atoms. The maximum Gasteiger partial charge on any atom is 0.00951 e. The molecule has 0 radical (unpaired) electrons. The summed E-state index contributed by atoms with van der Waals surface area (Å²) in [5.74, 6) is 0. The number of nitrogens with zero attached hydrogens (tertiary/aromatic N) is 1. The molecule has 1 N–H and O–H groups in total. The first kappa shape index (κ1) is 15.0. The first-order chi connectivity index (χ1) is 8.38. The molecule has 1 unspecified atom stereocenters. The van der Waals surface area contributed by atoms with Gasteiger partial charge in [-0.15, -0.1) is 0 Å². The Balaban J connectivity index is 2.06. The second-order valence-corrected chi connectivity index (χ2v) is 5.43. The van der Waals surface area contributed by atoms with Crippen LogP contribution in [-0.2, 0) is 0 Å². The monoisotopic (exact) mass is 240 g/mol. The van der Waals surface area contributed by atoms with Gasteiger partial charge in [0.15, 0.2) is 0 Å². The SMILES string of the molecule is CCCNCCCCN1CCCCC1CCC. The van der Waals surface area contributed by atoms with E-state index < -0.39 is 0 Å². The Morgan fingerprint density at radius 3 is 2.71 bits per heavy atom. The van der Waals surface area contributed by atoms with E-state index in [0.717, 1.165) is 6.04 Å². The number of nitrogens with one attached hydrogen (secondary N) is 1. The molecule has 0 aliphatic carbocycles. The Kier molecular flexibility index (Phi) is 8.72. The smallest absolute Gasteiger partial charge is 0.00951 e. The van der Waals surface area contributed by atoms with Gasteiger partial charge in [-0.05, 0) is 64.7 Å². The summed E-state index contributed by atoms with van der Waals surface area (Å²) >= 11 is 0. The highest BCUT2D eigenvalue weighted by Gasteiger charge is 2.20. The van der Waals surface area contributed by atoms with E-state index in [2.05, 4.69) is 24.1 Å². The van der Waals surface area contributed by atoms with Crippen LogP contribution in [0.1, 0.15) is 65.2 Å². The summed E-state index contributed by atoms with van der Waals surface area (Å²) in [4.78, 5) is 2.76. The second kappa shape index (κ2) is 9.90. The minimum Gasteiger partial charge on any atom is -0.317 e. The Hall–Kier alpha value is -0.0800. The molecule has 1 heterocycles. The first-order valence-electron chi connectivity index (χ1n) is 7.83. The van der Waals surface area contributed by atoms with Gasteiger partial charge in [0.2, 0.25) is 0 Å². The molecule has 1 atom stereocenters. The van der Waals surface area contributed by atoms with E-state index in [1.54, 1.807) is 0 Å². The second-order valence-electron chi connectivity index (χ2n) is 5.43. The average Bonchev–Trinajstić information content (AvgIpc) is 2.36. The lowest BCUT2D eigenvalue weighted by Crippen LogP contribution is -2.40. The number of piperidine rings is 1. The van der Waals surface area contributed by atoms with Crippen LogP contribution < -0.4 is 5.32 Å². The van der Waals surface area contributed by atoms with Crippen molar-refractivity contribution in [3.05, 3.63) is 0 Å². The van der Waals surface area contributed by atoms with E-state index in [0.29, 0.717) is 0 Å². The van der Waals surface area contributed by atoms with E-state index in [-0.39, 0.29) is 0 Å². The minimum absolute atomic E-state index is 0.900. The fourth-order valence-corrected chi connectivity index (χ4v) is 2.88. The Morgan fingerprint density at radius 2 is 1.94 bits per heavy atom. The summed E-state index contributed by atoms with van der Waals surface area (Å²) in [6.07, 6.45) is 11.1. The molecular formula is C15H32N2. The third-order valence-electron chi connectivity index (χ3n) is 3.85. The van der Waals surface area contributed by atoms with Crippen LogP contribution >= 0.6 is 0 Å². The van der Waals surface area contributed by atoms with E-state index >= 15 is 0 Å². The van der Waals surface area contributed by atoms with Crippen molar-refractivity contribution >= 4 is 0 Å². The molecule has 0 amide bonds. The lowest BCUT2D eigenvalue weighted by atomic mass is 9.98. The lowest BCUT2D eigenvalue weighted by Gasteiger charge is -2.35. The summed E-state index contributed by atoms with van der Waals surface area (Å²) in [5.41, 5.74) is 0. The molecule has 0 spiro atoms. The standard InChI is InChI=1S/C15H32N2/c1-3-9-15-10-5-7-13-17(15)14-8-6-12-16-11-4-2/h15-16H,3-14H2,1-2H3. The van der Waals surface area contributed by atoms with E-state index in [1.165, 1.54) is 77.5 Å². The van der Waals surface area contributed by atoms with Crippen molar-refractivity contribution in [3.8, 4) is 0 Å². The highest BCUT2D eigenvalue weighted by atomic mass is 15.2. The molecule has 2 heteroatoms. The summed E-state index contributed by atoms with van der Waals surface area (Å²) < 4.78 is 0. The minimum atomic E-state index is 0.900. The van der Waals surface area contributed by atoms with Crippen molar-refractivity contribution in [1.82, 2.24) is 10.2 Å². The molecule has 0 saturated carbocycles. The highest BCUT2D eigenvalue weighted by molar-refractivity contribution is 4.76. The molecule has 17 heavy (non-hydrogen) atoms. The maximum absolute atomic E-state index is 3.49. The number of hydrogen-bond acceptors (Lipinski definition) is 2. The van der Waals surface area contributed by atoms with Gasteiger partial charge in [0, 0.05) is 6.04 Å². The summed E-state index contributed by atoms with van der Waals surface area (Å²) in [7, 11) is 0. The molecule has 1 aliphatic rings. The van der Waals surface area contributed by atoms with Crippen LogP contribution in [-0.4, -0.2) is 37.1 Å². The van der Waals surface area contributed by atoms with Gasteiger partial charge in [-0.2, -0.15) is 0 Å². The Morgan fingerprint density at radius 1 is 1.06 bits per heavy atom. The normalized spacial score (nSPS) is 21.9. The number of hydrogen-bond donors (Lipinski definition) is 1. The molecule has 2 nitrogen and oxygen atoms in total. The molecule has 0 aromatic rings. The van der Waals surface area contributed by atoms with Crippen LogP contribution in [0.3, 0.4) is 0 Å². The van der Waals surface area contributed by atoms with E-state index in [9.17, 15) is 0 Å². The predicted octanol–water partition coefficient (Wildman–Crippen LogP) is 3.42. The van der Waals surface area contributed by atoms with Gasteiger partial charge >= 0.3 is 0 Å². The molecule has 102 valence electrons. The zero-order valence-electron chi connectivity index (χ0n) is 12.0. The van der Waals surface area contributed by atoms with Crippen LogP contribution in [0.25, 0.3) is 0 Å². The van der Waals surface area contributed by atoms with Crippen LogP contribution in [0.5, 0.6) is 0 Å². The van der Waals surface area contributed by atoms with E-state index in [1.807, 2.05) is 0 Å². The molecule has 1 fully saturated rings. The number of unbranched alkanes of at least 4 members (excludes halogenated alkanes) is 1. The van der Waals surface area contributed by atoms with Crippen molar-refractivity contribution in [2.75, 3.05) is 26.2 Å². The highest BCUT2D eigenvalue weighted by Crippen LogP contribution is 2.20. The van der Waals surface area contributed by atoms with Crippen molar-refractivity contribution < 1.29 is 0 Å². The molecular weight excluding hydrogens is 208 g/mol. The molecule has 1 saturated heterocycles. The van der Waals surface area contributed by atoms with Gasteiger partial charge in [0.1, 0.15) is 0 Å². The van der Waals surface area contributed by atoms with Crippen LogP contribution in [0.4, 0.5) is 0 Å². The molecule has 0 aromatic heterocycles. The summed E-state index contributed by atoms with van der Waals surface area (Å²) in [6, 6.07) is 0.900. The first-order valence-corrected chi connectivity index (χ1v) is 7.83. The zero-order valence-corrected chi connectivity index (χ0v) is 12.0. The van der Waals surface area contributed by atoms with E-state index in [4.69, 9.17) is 0 Å². The van der Waals surface area contributed by atoms with Gasteiger partial charge in [-0.25, -0.2) is 0 Å². The average molecular weight is 240 g/mol. The largest absolute Gasteiger partial charge is 0.317 e. The quantitative estimate of drug-likeness (QED) is 0.621. The van der Waals surface area contributed by atoms with Crippen molar-refractivity contribution in [1.29, 1.82) is 0 Å². The summed E-state index contributed by atoms with van der Waals surface area (Å²) in [5, 5.41) is 3.49. The van der Waals surface area contributed by atoms with Crippen molar-refractivity contribution in [2.45, 2.75) is 71.3 Å². The molecule has 1 rings (SSSR count). The zero-order chi connectivity index (χ0) is 12.3. The van der Waals surface area contributed by atoms with Crippen molar-refractivity contribution in [2.24, 2.45) is 0 Å². The van der Waals surface area contributed by atoms with Gasteiger partial charge in [-0.3, -0.25) is 0 Å². The van der Waals surface area contributed by atoms with Gasteiger partial charge in [-0.1, -0.05) is 26.7 Å². The van der Waals surface area contributed by atoms with Crippen LogP contribution in [0.2, 0.25) is 0 Å². The van der Waals surface area contributed by atoms with Gasteiger partial charge in [0.25, 0.3) is 0 Å². The fourth-order valence-electron chi connectivity index (χ4n) is 2.88. The number of likely N-dealkylation sites (tertiary alicyclic amines) is 1.